The maximum Gasteiger partial charge on any atom is 0.255 e. The van der Waals surface area contributed by atoms with Crippen molar-refractivity contribution in [2.24, 2.45) is 11.8 Å². The van der Waals surface area contributed by atoms with Gasteiger partial charge in [0, 0.05) is 30.8 Å². The Hall–Kier alpha value is -2.34. The lowest BCUT2D eigenvalue weighted by molar-refractivity contribution is -0.136. The first kappa shape index (κ1) is 21.4. The van der Waals surface area contributed by atoms with Crippen molar-refractivity contribution in [3.05, 3.63) is 35.6 Å². The van der Waals surface area contributed by atoms with Crippen LogP contribution >= 0.6 is 0 Å². The smallest absolute Gasteiger partial charge is 0.255 e. The predicted molar refractivity (Wildman–Crippen MR) is 113 cm³/mol. The van der Waals surface area contributed by atoms with Gasteiger partial charge >= 0.3 is 0 Å². The Balaban J connectivity index is 1.73. The SMILES string of the molecule is CCc1oc2ccccc2c1C(=O)N[C@@H]1CN(C(=O)C(C)C(CC)CC)C[C@H]1O. The van der Waals surface area contributed by atoms with Crippen LogP contribution in [0.3, 0.4) is 0 Å². The first-order valence-corrected chi connectivity index (χ1v) is 10.7. The van der Waals surface area contributed by atoms with Crippen LogP contribution in [0.1, 0.15) is 56.7 Å². The van der Waals surface area contributed by atoms with E-state index in [1.54, 1.807) is 4.90 Å². The molecule has 1 unspecified atom stereocenters. The third kappa shape index (κ3) is 4.17. The van der Waals surface area contributed by atoms with Crippen LogP contribution in [0.4, 0.5) is 0 Å². The molecule has 1 aromatic heterocycles. The number of rotatable bonds is 7. The maximum atomic E-state index is 13.0. The van der Waals surface area contributed by atoms with Gasteiger partial charge in [-0.2, -0.15) is 0 Å². The van der Waals surface area contributed by atoms with Gasteiger partial charge < -0.3 is 19.7 Å². The zero-order valence-electron chi connectivity index (χ0n) is 17.8. The topological polar surface area (TPSA) is 82.8 Å². The van der Waals surface area contributed by atoms with E-state index in [1.165, 1.54) is 0 Å². The number of hydrogen-bond donors (Lipinski definition) is 2. The van der Waals surface area contributed by atoms with Crippen molar-refractivity contribution < 1.29 is 19.1 Å². The van der Waals surface area contributed by atoms with Gasteiger partial charge in [0.05, 0.1) is 17.7 Å². The molecule has 0 bridgehead atoms. The Morgan fingerprint density at radius 2 is 1.90 bits per heavy atom. The molecule has 1 saturated heterocycles. The highest BCUT2D eigenvalue weighted by Crippen LogP contribution is 2.27. The van der Waals surface area contributed by atoms with Crippen molar-refractivity contribution in [3.63, 3.8) is 0 Å². The average Bonchev–Trinajstić information content (AvgIpc) is 3.28. The summed E-state index contributed by atoms with van der Waals surface area (Å²) in [5, 5.41) is 14.2. The molecule has 1 aliphatic rings. The van der Waals surface area contributed by atoms with Gasteiger partial charge in [0.25, 0.3) is 5.91 Å². The van der Waals surface area contributed by atoms with Crippen molar-refractivity contribution in [1.29, 1.82) is 0 Å². The third-order valence-corrected chi connectivity index (χ3v) is 6.28. The largest absolute Gasteiger partial charge is 0.460 e. The molecule has 2 amide bonds. The monoisotopic (exact) mass is 400 g/mol. The van der Waals surface area contributed by atoms with E-state index < -0.39 is 12.1 Å². The van der Waals surface area contributed by atoms with E-state index in [0.717, 1.165) is 18.2 Å². The minimum atomic E-state index is -0.778. The highest BCUT2D eigenvalue weighted by molar-refractivity contribution is 6.07. The summed E-state index contributed by atoms with van der Waals surface area (Å²) < 4.78 is 5.81. The molecule has 1 fully saturated rings. The summed E-state index contributed by atoms with van der Waals surface area (Å²) in [7, 11) is 0. The molecule has 6 heteroatoms. The number of nitrogens with zero attached hydrogens (tertiary/aromatic N) is 1. The first-order valence-electron chi connectivity index (χ1n) is 10.7. The number of carbonyl (C=O) groups is 2. The molecule has 2 heterocycles. The van der Waals surface area contributed by atoms with Crippen LogP contribution in [-0.4, -0.2) is 47.1 Å². The van der Waals surface area contributed by atoms with E-state index in [4.69, 9.17) is 4.42 Å². The zero-order valence-corrected chi connectivity index (χ0v) is 17.8. The van der Waals surface area contributed by atoms with E-state index >= 15 is 0 Å². The van der Waals surface area contributed by atoms with Crippen molar-refractivity contribution >= 4 is 22.8 Å². The second kappa shape index (κ2) is 8.99. The molecule has 0 spiro atoms. The molecular formula is C23H32N2O4. The maximum absolute atomic E-state index is 13.0. The van der Waals surface area contributed by atoms with Crippen LogP contribution in [0, 0.1) is 11.8 Å². The molecule has 6 nitrogen and oxygen atoms in total. The number of aliphatic hydroxyl groups excluding tert-OH is 1. The Morgan fingerprint density at radius 1 is 1.21 bits per heavy atom. The average molecular weight is 401 g/mol. The summed E-state index contributed by atoms with van der Waals surface area (Å²) in [5.74, 6) is 0.663. The summed E-state index contributed by atoms with van der Waals surface area (Å²) in [6.45, 7) is 8.68. The van der Waals surface area contributed by atoms with Crippen molar-refractivity contribution in [2.75, 3.05) is 13.1 Å². The van der Waals surface area contributed by atoms with Gasteiger partial charge in [-0.1, -0.05) is 58.7 Å². The number of β-amino-alcohol motifs (C(OH)–C–C–N with tert-alkyl or cyclic N) is 1. The van der Waals surface area contributed by atoms with Crippen molar-refractivity contribution in [2.45, 2.75) is 59.1 Å². The summed E-state index contributed by atoms with van der Waals surface area (Å²) in [4.78, 5) is 27.6. The van der Waals surface area contributed by atoms with Crippen LogP contribution in [-0.2, 0) is 11.2 Å². The Bertz CT molecular complexity index is 871. The van der Waals surface area contributed by atoms with Gasteiger partial charge in [0.2, 0.25) is 5.91 Å². The van der Waals surface area contributed by atoms with Gasteiger partial charge in [-0.05, 0) is 12.0 Å². The van der Waals surface area contributed by atoms with Gasteiger partial charge in [0.15, 0.2) is 0 Å². The van der Waals surface area contributed by atoms with Gasteiger partial charge in [-0.15, -0.1) is 0 Å². The minimum absolute atomic E-state index is 0.0532. The fourth-order valence-electron chi connectivity index (χ4n) is 4.43. The molecule has 2 aromatic rings. The number of nitrogens with one attached hydrogen (secondary N) is 1. The highest BCUT2D eigenvalue weighted by atomic mass is 16.3. The fraction of sp³-hybridized carbons (Fsp3) is 0.565. The van der Waals surface area contributed by atoms with Gasteiger partial charge in [-0.25, -0.2) is 0 Å². The number of hydrogen-bond acceptors (Lipinski definition) is 4. The third-order valence-electron chi connectivity index (χ3n) is 6.28. The molecule has 0 aliphatic carbocycles. The van der Waals surface area contributed by atoms with Crippen LogP contribution < -0.4 is 5.32 Å². The van der Waals surface area contributed by atoms with Gasteiger partial charge in [-0.3, -0.25) is 9.59 Å². The second-order valence-corrected chi connectivity index (χ2v) is 8.01. The molecular weight excluding hydrogens is 368 g/mol. The second-order valence-electron chi connectivity index (χ2n) is 8.01. The predicted octanol–water partition coefficient (Wildman–Crippen LogP) is 3.37. The fourth-order valence-corrected chi connectivity index (χ4v) is 4.43. The van der Waals surface area contributed by atoms with E-state index in [-0.39, 0.29) is 24.3 Å². The lowest BCUT2D eigenvalue weighted by Gasteiger charge is -2.26. The number of amides is 2. The number of aliphatic hydroxyl groups is 1. The molecule has 3 rings (SSSR count). The van der Waals surface area contributed by atoms with E-state index in [1.807, 2.05) is 38.1 Å². The van der Waals surface area contributed by atoms with Crippen LogP contribution in [0.5, 0.6) is 0 Å². The summed E-state index contributed by atoms with van der Waals surface area (Å²) in [6.07, 6.45) is 1.73. The molecule has 0 radical (unpaired) electrons. The quantitative estimate of drug-likeness (QED) is 0.746. The zero-order chi connectivity index (χ0) is 21.1. The van der Waals surface area contributed by atoms with E-state index in [0.29, 0.717) is 35.8 Å². The normalized spacial score (nSPS) is 20.4. The molecule has 0 saturated carbocycles. The Kier molecular flexibility index (Phi) is 6.63. The number of para-hydroxylation sites is 1. The number of furan rings is 1. The molecule has 1 aromatic carbocycles. The number of likely N-dealkylation sites (tertiary alicyclic amines) is 1. The summed E-state index contributed by atoms with van der Waals surface area (Å²) in [5.41, 5.74) is 1.20. The number of fused-ring (bicyclic) bond motifs is 1. The molecule has 1 aliphatic heterocycles. The molecule has 158 valence electrons. The molecule has 29 heavy (non-hydrogen) atoms. The van der Waals surface area contributed by atoms with Crippen LogP contribution in [0.15, 0.2) is 28.7 Å². The van der Waals surface area contributed by atoms with E-state index in [9.17, 15) is 14.7 Å². The van der Waals surface area contributed by atoms with Crippen LogP contribution in [0.2, 0.25) is 0 Å². The first-order chi connectivity index (χ1) is 13.9. The van der Waals surface area contributed by atoms with Crippen LogP contribution in [0.25, 0.3) is 11.0 Å². The lowest BCUT2D eigenvalue weighted by atomic mass is 9.88. The Labute approximate surface area is 172 Å². The lowest BCUT2D eigenvalue weighted by Crippen LogP contribution is -2.43. The van der Waals surface area contributed by atoms with Crippen molar-refractivity contribution in [1.82, 2.24) is 10.2 Å². The Morgan fingerprint density at radius 3 is 2.55 bits per heavy atom. The van der Waals surface area contributed by atoms with Crippen molar-refractivity contribution in [3.8, 4) is 0 Å². The minimum Gasteiger partial charge on any atom is -0.460 e. The van der Waals surface area contributed by atoms with E-state index in [2.05, 4.69) is 19.2 Å². The summed E-state index contributed by atoms with van der Waals surface area (Å²) >= 11 is 0. The number of aryl methyl sites for hydroxylation is 1. The number of carbonyl (C=O) groups excluding carboxylic acids is 2. The molecule has 3 atom stereocenters. The molecule has 2 N–H and O–H groups in total. The standard InChI is InChI=1S/C23H32N2O4/c1-5-15(6-2)14(4)23(28)25-12-17(18(26)13-25)24-22(27)21-16-10-8-9-11-20(16)29-19(21)7-3/h8-11,14-15,17-18,26H,5-7,12-13H2,1-4H3,(H,24,27)/t14?,17-,18-/m1/s1. The number of benzene rings is 1. The summed E-state index contributed by atoms with van der Waals surface area (Å²) in [6, 6.07) is 6.97. The van der Waals surface area contributed by atoms with Gasteiger partial charge in [0.1, 0.15) is 11.3 Å². The highest BCUT2D eigenvalue weighted by Gasteiger charge is 2.38.